The quantitative estimate of drug-likeness (QED) is 0.614. The van der Waals surface area contributed by atoms with Gasteiger partial charge in [-0.2, -0.15) is 0 Å². The number of fused-ring (bicyclic) bond motifs is 3. The van der Waals surface area contributed by atoms with E-state index in [0.717, 1.165) is 26.6 Å². The fourth-order valence-corrected chi connectivity index (χ4v) is 2.78. The second-order valence-electron chi connectivity index (χ2n) is 3.61. The third kappa shape index (κ3) is 1.13. The van der Waals surface area contributed by atoms with Gasteiger partial charge >= 0.3 is 0 Å². The van der Waals surface area contributed by atoms with Crippen molar-refractivity contribution in [2.75, 3.05) is 0 Å². The van der Waals surface area contributed by atoms with Crippen LogP contribution in [0.25, 0.3) is 21.0 Å². The summed E-state index contributed by atoms with van der Waals surface area (Å²) in [5, 5.41) is 5.01. The Morgan fingerprint density at radius 3 is 2.93 bits per heavy atom. The number of thiophene rings is 1. The van der Waals surface area contributed by atoms with Crippen molar-refractivity contribution in [1.82, 2.24) is 4.98 Å². The van der Waals surface area contributed by atoms with Gasteiger partial charge in [-0.1, -0.05) is 12.1 Å². The van der Waals surface area contributed by atoms with Crippen LogP contribution in [0.5, 0.6) is 0 Å². The van der Waals surface area contributed by atoms with Crippen LogP contribution in [0.4, 0.5) is 0 Å². The molecule has 0 aliphatic carbocycles. The second-order valence-corrected chi connectivity index (χ2v) is 4.53. The molecule has 1 aromatic carbocycles. The lowest BCUT2D eigenvalue weighted by Gasteiger charge is -2.02. The number of aromatic nitrogens is 1. The summed E-state index contributed by atoms with van der Waals surface area (Å²) in [5.74, 6) is 0. The molecule has 2 aromatic heterocycles. The van der Waals surface area contributed by atoms with E-state index in [1.807, 2.05) is 30.5 Å². The molecule has 0 amide bonds. The molecule has 74 valence electrons. The molecule has 0 radical (unpaired) electrons. The number of nitrogens with one attached hydrogen (secondary N) is 1. The molecule has 0 spiro atoms. The standard InChI is InChI=1S/C12H9NOS/c1-7-3-2-4-8-10(7)9-5-6-15-12(9)13-11(8)14/h2-6H,1H3,(H,13,14). The molecule has 1 N–H and O–H groups in total. The second kappa shape index (κ2) is 2.94. The molecule has 0 unspecified atom stereocenters. The van der Waals surface area contributed by atoms with Crippen molar-refractivity contribution in [3.05, 3.63) is 45.6 Å². The number of aryl methyl sites for hydroxylation is 1. The van der Waals surface area contributed by atoms with Gasteiger partial charge in [0.2, 0.25) is 0 Å². The Labute approximate surface area is 90.2 Å². The van der Waals surface area contributed by atoms with Gasteiger partial charge in [-0.05, 0) is 30.0 Å². The van der Waals surface area contributed by atoms with Gasteiger partial charge in [-0.25, -0.2) is 0 Å². The zero-order chi connectivity index (χ0) is 10.4. The lowest BCUT2D eigenvalue weighted by atomic mass is 10.1. The molecule has 0 bridgehead atoms. The highest BCUT2D eigenvalue weighted by molar-refractivity contribution is 7.16. The molecular weight excluding hydrogens is 206 g/mol. The fraction of sp³-hybridized carbons (Fsp3) is 0.0833. The highest BCUT2D eigenvalue weighted by Gasteiger charge is 2.07. The molecule has 3 heteroatoms. The van der Waals surface area contributed by atoms with Gasteiger partial charge in [-0.3, -0.25) is 4.79 Å². The van der Waals surface area contributed by atoms with Crippen LogP contribution in [0.15, 0.2) is 34.4 Å². The third-order valence-electron chi connectivity index (χ3n) is 2.68. The Morgan fingerprint density at radius 1 is 1.20 bits per heavy atom. The first-order valence-electron chi connectivity index (χ1n) is 4.76. The van der Waals surface area contributed by atoms with Crippen LogP contribution in [0.1, 0.15) is 5.56 Å². The van der Waals surface area contributed by atoms with Crippen molar-refractivity contribution in [3.8, 4) is 0 Å². The first-order valence-corrected chi connectivity index (χ1v) is 5.64. The lowest BCUT2D eigenvalue weighted by molar-refractivity contribution is 1.36. The van der Waals surface area contributed by atoms with E-state index in [-0.39, 0.29) is 5.56 Å². The molecule has 15 heavy (non-hydrogen) atoms. The predicted octanol–water partition coefficient (Wildman–Crippen LogP) is 3.05. The highest BCUT2D eigenvalue weighted by Crippen LogP contribution is 2.27. The molecule has 3 rings (SSSR count). The smallest absolute Gasteiger partial charge is 0.256 e. The SMILES string of the molecule is Cc1cccc2c(=O)[nH]c3sccc3c12. The minimum atomic E-state index is 0.00338. The summed E-state index contributed by atoms with van der Waals surface area (Å²) >= 11 is 1.57. The number of aromatic amines is 1. The maximum Gasteiger partial charge on any atom is 0.256 e. The van der Waals surface area contributed by atoms with E-state index in [2.05, 4.69) is 11.1 Å². The lowest BCUT2D eigenvalue weighted by Crippen LogP contribution is -2.05. The molecule has 0 aliphatic heterocycles. The van der Waals surface area contributed by atoms with Crippen LogP contribution in [-0.2, 0) is 0 Å². The summed E-state index contributed by atoms with van der Waals surface area (Å²) in [5.41, 5.74) is 1.16. The van der Waals surface area contributed by atoms with Crippen molar-refractivity contribution in [2.24, 2.45) is 0 Å². The van der Waals surface area contributed by atoms with Crippen molar-refractivity contribution in [2.45, 2.75) is 6.92 Å². The first kappa shape index (κ1) is 8.68. The molecule has 0 saturated carbocycles. The fourth-order valence-electron chi connectivity index (χ4n) is 1.99. The molecule has 3 aromatic rings. The summed E-state index contributed by atoms with van der Waals surface area (Å²) in [6, 6.07) is 7.90. The van der Waals surface area contributed by atoms with Gasteiger partial charge in [0.15, 0.2) is 0 Å². The van der Waals surface area contributed by atoms with Gasteiger partial charge in [0.1, 0.15) is 4.83 Å². The van der Waals surface area contributed by atoms with E-state index < -0.39 is 0 Å². The molecule has 0 aliphatic rings. The summed E-state index contributed by atoms with van der Waals surface area (Å²) in [6.07, 6.45) is 0. The number of benzene rings is 1. The van der Waals surface area contributed by atoms with Gasteiger partial charge < -0.3 is 4.98 Å². The minimum absolute atomic E-state index is 0.00338. The Balaban J connectivity index is 2.76. The van der Waals surface area contributed by atoms with E-state index in [9.17, 15) is 4.79 Å². The van der Waals surface area contributed by atoms with Crippen LogP contribution in [0.2, 0.25) is 0 Å². The van der Waals surface area contributed by atoms with Crippen LogP contribution in [0, 0.1) is 6.92 Å². The van der Waals surface area contributed by atoms with E-state index in [1.165, 1.54) is 0 Å². The minimum Gasteiger partial charge on any atom is -0.313 e. The van der Waals surface area contributed by atoms with Crippen LogP contribution in [-0.4, -0.2) is 4.98 Å². The monoisotopic (exact) mass is 215 g/mol. The van der Waals surface area contributed by atoms with Crippen molar-refractivity contribution >= 4 is 32.3 Å². The number of rotatable bonds is 0. The largest absolute Gasteiger partial charge is 0.313 e. The number of hydrogen-bond donors (Lipinski definition) is 1. The zero-order valence-corrected chi connectivity index (χ0v) is 9.02. The average molecular weight is 215 g/mol. The number of H-pyrrole nitrogens is 1. The van der Waals surface area contributed by atoms with Crippen molar-refractivity contribution < 1.29 is 0 Å². The summed E-state index contributed by atoms with van der Waals surface area (Å²) in [6.45, 7) is 2.04. The normalized spacial score (nSPS) is 11.3. The number of pyridine rings is 1. The number of hydrogen-bond acceptors (Lipinski definition) is 2. The molecule has 2 heterocycles. The van der Waals surface area contributed by atoms with Crippen LogP contribution < -0.4 is 5.56 Å². The van der Waals surface area contributed by atoms with Gasteiger partial charge in [0, 0.05) is 16.2 Å². The van der Waals surface area contributed by atoms with Gasteiger partial charge in [-0.15, -0.1) is 11.3 Å². The Kier molecular flexibility index (Phi) is 1.70. The third-order valence-corrected chi connectivity index (χ3v) is 3.51. The van der Waals surface area contributed by atoms with Gasteiger partial charge in [0.25, 0.3) is 5.56 Å². The molecule has 0 saturated heterocycles. The van der Waals surface area contributed by atoms with Crippen LogP contribution in [0.3, 0.4) is 0 Å². The van der Waals surface area contributed by atoms with E-state index in [4.69, 9.17) is 0 Å². The van der Waals surface area contributed by atoms with E-state index in [1.54, 1.807) is 11.3 Å². The van der Waals surface area contributed by atoms with E-state index >= 15 is 0 Å². The Morgan fingerprint density at radius 2 is 2.07 bits per heavy atom. The molecular formula is C12H9NOS. The van der Waals surface area contributed by atoms with Crippen molar-refractivity contribution in [3.63, 3.8) is 0 Å². The maximum absolute atomic E-state index is 11.8. The maximum atomic E-state index is 11.8. The molecule has 0 atom stereocenters. The topological polar surface area (TPSA) is 32.9 Å². The van der Waals surface area contributed by atoms with Crippen molar-refractivity contribution in [1.29, 1.82) is 0 Å². The zero-order valence-electron chi connectivity index (χ0n) is 8.20. The Bertz CT molecular complexity index is 708. The average Bonchev–Trinajstić information content (AvgIpc) is 2.66. The van der Waals surface area contributed by atoms with E-state index in [0.29, 0.717) is 0 Å². The summed E-state index contributed by atoms with van der Waals surface area (Å²) in [4.78, 5) is 15.7. The molecule has 0 fully saturated rings. The predicted molar refractivity (Wildman–Crippen MR) is 64.7 cm³/mol. The van der Waals surface area contributed by atoms with Crippen LogP contribution >= 0.6 is 11.3 Å². The summed E-state index contributed by atoms with van der Waals surface area (Å²) < 4.78 is 0. The Hall–Kier alpha value is -1.61. The van der Waals surface area contributed by atoms with Gasteiger partial charge in [0.05, 0.1) is 0 Å². The molecule has 2 nitrogen and oxygen atoms in total. The first-order chi connectivity index (χ1) is 7.27. The summed E-state index contributed by atoms with van der Waals surface area (Å²) in [7, 11) is 0. The highest BCUT2D eigenvalue weighted by atomic mass is 32.1.